The number of ketones is 1. The first-order chi connectivity index (χ1) is 13.5. The number of amides is 1. The number of hydrogen-bond donors (Lipinski definition) is 0. The van der Waals surface area contributed by atoms with Gasteiger partial charge in [0, 0.05) is 24.5 Å². The van der Waals surface area contributed by atoms with E-state index in [1.807, 2.05) is 49.1 Å². The Morgan fingerprint density at radius 2 is 1.68 bits per heavy atom. The number of hydrogen-bond acceptors (Lipinski definition) is 2. The van der Waals surface area contributed by atoms with Gasteiger partial charge in [0.25, 0.3) is 5.91 Å². The highest BCUT2D eigenvalue weighted by molar-refractivity contribution is 9.12. The van der Waals surface area contributed by atoms with E-state index in [2.05, 4.69) is 40.2 Å². The molecule has 0 bridgehead atoms. The highest BCUT2D eigenvalue weighted by atomic mass is 79.9. The van der Waals surface area contributed by atoms with Gasteiger partial charge in [0.2, 0.25) is 0 Å². The Labute approximate surface area is 172 Å². The SMILES string of the molecule is CC1=C(C)C23C(c4ccccc4)=C(Br)C(=O)N2Cc2ccccc2C3CC1=O. The molecule has 140 valence electrons. The van der Waals surface area contributed by atoms with Gasteiger partial charge in [0.15, 0.2) is 5.78 Å². The van der Waals surface area contributed by atoms with Crippen molar-refractivity contribution in [2.45, 2.75) is 38.3 Å². The van der Waals surface area contributed by atoms with Gasteiger partial charge in [0.05, 0.1) is 10.0 Å². The van der Waals surface area contributed by atoms with Crippen molar-refractivity contribution >= 4 is 33.2 Å². The molecule has 1 spiro atoms. The van der Waals surface area contributed by atoms with E-state index >= 15 is 0 Å². The third-order valence-electron chi connectivity index (χ3n) is 6.73. The molecule has 2 aliphatic heterocycles. The maximum Gasteiger partial charge on any atom is 0.262 e. The van der Waals surface area contributed by atoms with Gasteiger partial charge in [-0.3, -0.25) is 9.59 Å². The summed E-state index contributed by atoms with van der Waals surface area (Å²) in [5.41, 5.74) is 5.48. The van der Waals surface area contributed by atoms with Crippen LogP contribution in [0, 0.1) is 0 Å². The molecule has 0 saturated carbocycles. The molecule has 28 heavy (non-hydrogen) atoms. The molecule has 0 N–H and O–H groups in total. The quantitative estimate of drug-likeness (QED) is 0.635. The lowest BCUT2D eigenvalue weighted by atomic mass is 9.60. The minimum atomic E-state index is -0.621. The predicted molar refractivity (Wildman–Crippen MR) is 113 cm³/mol. The molecule has 2 aromatic carbocycles. The highest BCUT2D eigenvalue weighted by Gasteiger charge is 2.61. The standard InChI is InChI=1S/C24H20BrNO2/c1-14-15(2)24-19(12-20(14)27)18-11-7-6-10-17(18)13-26(24)23(28)22(25)21(24)16-8-4-3-5-9-16/h3-11,19H,12-13H2,1-2H3. The van der Waals surface area contributed by atoms with Crippen LogP contribution in [0.2, 0.25) is 0 Å². The largest absolute Gasteiger partial charge is 0.320 e. The first-order valence-corrected chi connectivity index (χ1v) is 10.3. The van der Waals surface area contributed by atoms with E-state index in [4.69, 9.17) is 0 Å². The molecule has 0 aromatic heterocycles. The Hall–Kier alpha value is -2.46. The third kappa shape index (κ3) is 2.04. The summed E-state index contributed by atoms with van der Waals surface area (Å²) in [5, 5.41) is 0. The monoisotopic (exact) mass is 433 g/mol. The van der Waals surface area contributed by atoms with Crippen LogP contribution in [-0.2, 0) is 16.1 Å². The van der Waals surface area contributed by atoms with Gasteiger partial charge in [-0.25, -0.2) is 0 Å². The Balaban J connectivity index is 1.89. The molecular weight excluding hydrogens is 414 g/mol. The summed E-state index contributed by atoms with van der Waals surface area (Å²) in [5.74, 6) is 0.0929. The summed E-state index contributed by atoms with van der Waals surface area (Å²) in [6, 6.07) is 18.3. The van der Waals surface area contributed by atoms with E-state index < -0.39 is 5.54 Å². The molecule has 5 rings (SSSR count). The number of allylic oxidation sites excluding steroid dienone is 1. The molecule has 4 heteroatoms. The molecule has 2 aromatic rings. The Bertz CT molecular complexity index is 1100. The van der Waals surface area contributed by atoms with E-state index in [1.165, 1.54) is 5.56 Å². The molecule has 0 fully saturated rings. The Kier molecular flexibility index (Phi) is 3.79. The highest BCUT2D eigenvalue weighted by Crippen LogP contribution is 2.61. The van der Waals surface area contributed by atoms with E-state index in [1.54, 1.807) is 0 Å². The van der Waals surface area contributed by atoms with Crippen LogP contribution >= 0.6 is 15.9 Å². The molecule has 0 saturated heterocycles. The summed E-state index contributed by atoms with van der Waals surface area (Å²) < 4.78 is 0.609. The van der Waals surface area contributed by atoms with Crippen LogP contribution in [-0.4, -0.2) is 22.1 Å². The second-order valence-electron chi connectivity index (χ2n) is 7.84. The zero-order valence-corrected chi connectivity index (χ0v) is 17.4. The summed E-state index contributed by atoms with van der Waals surface area (Å²) in [6.07, 6.45) is 0.417. The number of fused-ring (bicyclic) bond motifs is 2. The van der Waals surface area contributed by atoms with Gasteiger partial charge in [-0.05, 0) is 57.6 Å². The fourth-order valence-electron chi connectivity index (χ4n) is 5.35. The number of Topliss-reactive ketones (excluding diaryl/α,β-unsaturated/α-hetero) is 1. The number of rotatable bonds is 1. The molecule has 0 radical (unpaired) electrons. The topological polar surface area (TPSA) is 37.4 Å². The van der Waals surface area contributed by atoms with Crippen molar-refractivity contribution in [1.82, 2.24) is 4.90 Å². The van der Waals surface area contributed by atoms with Crippen LogP contribution < -0.4 is 0 Å². The minimum absolute atomic E-state index is 0.000134. The van der Waals surface area contributed by atoms with Crippen LogP contribution in [0.25, 0.3) is 5.57 Å². The van der Waals surface area contributed by atoms with Crippen molar-refractivity contribution in [2.24, 2.45) is 0 Å². The van der Waals surface area contributed by atoms with Gasteiger partial charge >= 0.3 is 0 Å². The van der Waals surface area contributed by atoms with Crippen molar-refractivity contribution < 1.29 is 9.59 Å². The predicted octanol–water partition coefficient (Wildman–Crippen LogP) is 4.98. The number of halogens is 1. The average molecular weight is 434 g/mol. The fraction of sp³-hybridized carbons (Fsp3) is 0.250. The maximum absolute atomic E-state index is 13.4. The average Bonchev–Trinajstić information content (AvgIpc) is 2.94. The van der Waals surface area contributed by atoms with E-state index in [-0.39, 0.29) is 17.6 Å². The summed E-state index contributed by atoms with van der Waals surface area (Å²) >= 11 is 3.64. The lowest BCUT2D eigenvalue weighted by Gasteiger charge is -2.53. The smallest absolute Gasteiger partial charge is 0.262 e. The summed E-state index contributed by atoms with van der Waals surface area (Å²) in [6.45, 7) is 4.48. The normalized spacial score (nSPS) is 26.4. The van der Waals surface area contributed by atoms with E-state index in [9.17, 15) is 9.59 Å². The van der Waals surface area contributed by atoms with Crippen molar-refractivity contribution in [1.29, 1.82) is 0 Å². The Morgan fingerprint density at radius 3 is 2.43 bits per heavy atom. The zero-order chi connectivity index (χ0) is 19.6. The van der Waals surface area contributed by atoms with Gasteiger partial charge in [-0.2, -0.15) is 0 Å². The van der Waals surface area contributed by atoms with Gasteiger partial charge in [0.1, 0.15) is 0 Å². The van der Waals surface area contributed by atoms with Gasteiger partial charge < -0.3 is 4.90 Å². The first kappa shape index (κ1) is 17.6. The molecule has 1 amide bonds. The van der Waals surface area contributed by atoms with Crippen molar-refractivity contribution in [3.63, 3.8) is 0 Å². The zero-order valence-electron chi connectivity index (χ0n) is 15.8. The van der Waals surface area contributed by atoms with Crippen molar-refractivity contribution in [2.75, 3.05) is 0 Å². The maximum atomic E-state index is 13.4. The van der Waals surface area contributed by atoms with Crippen LogP contribution in [0.15, 0.2) is 70.2 Å². The molecule has 3 nitrogen and oxygen atoms in total. The summed E-state index contributed by atoms with van der Waals surface area (Å²) in [7, 11) is 0. The van der Waals surface area contributed by atoms with Gasteiger partial charge in [-0.1, -0.05) is 54.6 Å². The van der Waals surface area contributed by atoms with Crippen LogP contribution in [0.5, 0.6) is 0 Å². The molecular formula is C24H20BrNO2. The minimum Gasteiger partial charge on any atom is -0.320 e. The second kappa shape index (κ2) is 6.02. The van der Waals surface area contributed by atoms with Crippen LogP contribution in [0.1, 0.15) is 42.9 Å². The third-order valence-corrected chi connectivity index (χ3v) is 7.46. The molecule has 1 aliphatic carbocycles. The molecule has 2 unspecified atom stereocenters. The second-order valence-corrected chi connectivity index (χ2v) is 8.63. The fourth-order valence-corrected chi connectivity index (χ4v) is 6.10. The number of nitrogens with zero attached hydrogens (tertiary/aromatic N) is 1. The number of carbonyl (C=O) groups excluding carboxylic acids is 2. The van der Waals surface area contributed by atoms with Gasteiger partial charge in [-0.15, -0.1) is 0 Å². The lowest BCUT2D eigenvalue weighted by Crippen LogP contribution is -2.57. The first-order valence-electron chi connectivity index (χ1n) is 9.54. The van der Waals surface area contributed by atoms with Crippen LogP contribution in [0.3, 0.4) is 0 Å². The van der Waals surface area contributed by atoms with Crippen molar-refractivity contribution in [3.8, 4) is 0 Å². The molecule has 2 atom stereocenters. The Morgan fingerprint density at radius 1 is 1.00 bits per heavy atom. The molecule has 2 heterocycles. The lowest BCUT2D eigenvalue weighted by molar-refractivity contribution is -0.131. The number of benzene rings is 2. The van der Waals surface area contributed by atoms with Crippen molar-refractivity contribution in [3.05, 3.63) is 86.9 Å². The summed E-state index contributed by atoms with van der Waals surface area (Å²) in [4.78, 5) is 28.3. The number of carbonyl (C=O) groups is 2. The van der Waals surface area contributed by atoms with E-state index in [0.29, 0.717) is 17.4 Å². The van der Waals surface area contributed by atoms with Crippen LogP contribution in [0.4, 0.5) is 0 Å². The molecule has 3 aliphatic rings. The van der Waals surface area contributed by atoms with E-state index in [0.717, 1.165) is 27.8 Å².